The lowest BCUT2D eigenvalue weighted by atomic mass is 10.2. The van der Waals surface area contributed by atoms with Crippen LogP contribution in [0.1, 0.15) is 12.5 Å². The van der Waals surface area contributed by atoms with E-state index in [-0.39, 0.29) is 17.4 Å². The van der Waals surface area contributed by atoms with E-state index in [1.807, 2.05) is 35.9 Å². The molecule has 0 aliphatic rings. The predicted molar refractivity (Wildman–Crippen MR) is 118 cm³/mol. The quantitative estimate of drug-likeness (QED) is 0.188. The van der Waals surface area contributed by atoms with E-state index < -0.39 is 5.97 Å². The summed E-state index contributed by atoms with van der Waals surface area (Å²) >= 11 is 1.32. The zero-order valence-corrected chi connectivity index (χ0v) is 18.4. The molecule has 1 heterocycles. The summed E-state index contributed by atoms with van der Waals surface area (Å²) in [5.41, 5.74) is 4.96. The molecule has 1 N–H and O–H groups in total. The number of hydrogen-bond acceptors (Lipinski definition) is 8. The number of ether oxygens (including phenoxy) is 3. The molecule has 10 heteroatoms. The second-order valence-corrected chi connectivity index (χ2v) is 7.31. The van der Waals surface area contributed by atoms with Crippen molar-refractivity contribution >= 4 is 40.9 Å². The van der Waals surface area contributed by atoms with Crippen molar-refractivity contribution < 1.29 is 23.8 Å². The van der Waals surface area contributed by atoms with Crippen LogP contribution in [0, 0.1) is 0 Å². The molecular weight excluding hydrogens is 420 g/mol. The van der Waals surface area contributed by atoms with Crippen LogP contribution in [0.15, 0.2) is 46.7 Å². The Morgan fingerprint density at radius 3 is 2.48 bits per heavy atom. The van der Waals surface area contributed by atoms with Gasteiger partial charge in [-0.15, -0.1) is 0 Å². The molecule has 0 aliphatic heterocycles. The maximum atomic E-state index is 12.2. The van der Waals surface area contributed by atoms with Crippen LogP contribution in [0.5, 0.6) is 17.2 Å². The largest absolute Gasteiger partial charge is 0.493 e. The highest BCUT2D eigenvalue weighted by Gasteiger charge is 2.16. The summed E-state index contributed by atoms with van der Waals surface area (Å²) in [6, 6.07) is 11.0. The number of hydrazone groups is 1. The van der Waals surface area contributed by atoms with Crippen LogP contribution in [0.25, 0.3) is 11.0 Å². The number of nitrogens with zero attached hydrogens (tertiary/aromatic N) is 3. The third-order valence-electron chi connectivity index (χ3n) is 4.21. The summed E-state index contributed by atoms with van der Waals surface area (Å²) < 4.78 is 17.6. The van der Waals surface area contributed by atoms with Crippen molar-refractivity contribution in [3.8, 4) is 17.2 Å². The lowest BCUT2D eigenvalue weighted by Gasteiger charge is -2.13. The number of rotatable bonds is 8. The number of fused-ring (bicyclic) bond motifs is 1. The molecule has 0 radical (unpaired) electrons. The molecule has 0 fully saturated rings. The number of amides is 1. The van der Waals surface area contributed by atoms with Gasteiger partial charge in [-0.1, -0.05) is 23.9 Å². The monoisotopic (exact) mass is 442 g/mol. The molecule has 0 saturated heterocycles. The minimum atomic E-state index is -0.497. The molecule has 0 saturated carbocycles. The molecule has 162 valence electrons. The van der Waals surface area contributed by atoms with E-state index in [9.17, 15) is 9.59 Å². The van der Waals surface area contributed by atoms with E-state index in [4.69, 9.17) is 14.2 Å². The molecule has 0 spiro atoms. The van der Waals surface area contributed by atoms with Gasteiger partial charge in [-0.25, -0.2) is 10.4 Å². The summed E-state index contributed by atoms with van der Waals surface area (Å²) in [6.45, 7) is 1.29. The van der Waals surface area contributed by atoms with Gasteiger partial charge in [-0.3, -0.25) is 9.59 Å². The van der Waals surface area contributed by atoms with E-state index in [0.717, 1.165) is 16.2 Å². The van der Waals surface area contributed by atoms with Gasteiger partial charge in [0.25, 0.3) is 5.91 Å². The van der Waals surface area contributed by atoms with Crippen molar-refractivity contribution in [1.82, 2.24) is 15.0 Å². The lowest BCUT2D eigenvalue weighted by Crippen LogP contribution is -2.19. The number of benzene rings is 2. The van der Waals surface area contributed by atoms with Gasteiger partial charge in [0.05, 0.1) is 37.2 Å². The number of esters is 1. The molecule has 31 heavy (non-hydrogen) atoms. The molecule has 0 aliphatic carbocycles. The average molecular weight is 442 g/mol. The van der Waals surface area contributed by atoms with E-state index in [1.54, 1.807) is 12.1 Å². The van der Waals surface area contributed by atoms with Crippen molar-refractivity contribution in [2.75, 3.05) is 20.0 Å². The van der Waals surface area contributed by atoms with Crippen LogP contribution in [-0.2, 0) is 16.6 Å². The number of carbonyl (C=O) groups is 2. The van der Waals surface area contributed by atoms with Crippen LogP contribution in [0.2, 0.25) is 0 Å². The Morgan fingerprint density at radius 1 is 1.19 bits per heavy atom. The summed E-state index contributed by atoms with van der Waals surface area (Å²) in [7, 11) is 4.81. The van der Waals surface area contributed by atoms with E-state index in [2.05, 4.69) is 15.5 Å². The number of carbonyl (C=O) groups excluding carboxylic acids is 2. The molecule has 1 amide bonds. The van der Waals surface area contributed by atoms with Crippen LogP contribution in [0.4, 0.5) is 0 Å². The Balaban J connectivity index is 1.63. The molecule has 3 aromatic rings. The van der Waals surface area contributed by atoms with E-state index in [1.165, 1.54) is 39.1 Å². The van der Waals surface area contributed by atoms with Crippen molar-refractivity contribution in [3.63, 3.8) is 0 Å². The molecule has 3 rings (SSSR count). The first-order chi connectivity index (χ1) is 14.9. The number of aromatic nitrogens is 2. The van der Waals surface area contributed by atoms with Gasteiger partial charge in [0.2, 0.25) is 5.75 Å². The molecule has 1 aromatic heterocycles. The molecular formula is C21H22N4O5S. The fraction of sp³-hybridized carbons (Fsp3) is 0.238. The number of hydrogen-bond donors (Lipinski definition) is 1. The van der Waals surface area contributed by atoms with Crippen LogP contribution in [-0.4, -0.2) is 47.6 Å². The normalized spacial score (nSPS) is 11.0. The second kappa shape index (κ2) is 9.98. The molecule has 0 unspecified atom stereocenters. The standard InChI is InChI=1S/C21H22N4O5S/c1-13(26)30-20-17(28-3)9-14(10-18(20)29-4)11-22-24-19(27)12-31-21-23-15-7-5-6-8-16(15)25(21)2/h5-11H,12H2,1-4H3,(H,24,27)/b22-11-. The Labute approximate surface area is 183 Å². The van der Waals surface area contributed by atoms with Crippen molar-refractivity contribution in [2.24, 2.45) is 12.1 Å². The minimum Gasteiger partial charge on any atom is -0.493 e. The Hall–Kier alpha value is -3.53. The highest BCUT2D eigenvalue weighted by Crippen LogP contribution is 2.38. The zero-order chi connectivity index (χ0) is 22.4. The highest BCUT2D eigenvalue weighted by atomic mass is 32.2. The molecule has 9 nitrogen and oxygen atoms in total. The van der Waals surface area contributed by atoms with Crippen LogP contribution < -0.4 is 19.6 Å². The summed E-state index contributed by atoms with van der Waals surface area (Å²) in [5, 5.41) is 4.72. The SMILES string of the molecule is COc1cc(/C=N\NC(=O)CSc2nc3ccccc3n2C)cc(OC)c1OC(C)=O. The summed E-state index contributed by atoms with van der Waals surface area (Å²) in [5.74, 6) is 0.177. The predicted octanol–water partition coefficient (Wildman–Crippen LogP) is 2.76. The van der Waals surface area contributed by atoms with Gasteiger partial charge in [-0.05, 0) is 24.3 Å². The maximum Gasteiger partial charge on any atom is 0.308 e. The van der Waals surface area contributed by atoms with Gasteiger partial charge >= 0.3 is 5.97 Å². The molecule has 2 aromatic carbocycles. The number of imidazole rings is 1. The Morgan fingerprint density at radius 2 is 1.87 bits per heavy atom. The van der Waals surface area contributed by atoms with Crippen LogP contribution in [0.3, 0.4) is 0 Å². The van der Waals surface area contributed by atoms with Crippen LogP contribution >= 0.6 is 11.8 Å². The number of methoxy groups -OCH3 is 2. The first-order valence-corrected chi connectivity index (χ1v) is 10.2. The second-order valence-electron chi connectivity index (χ2n) is 6.37. The first kappa shape index (κ1) is 22.2. The Kier molecular flexibility index (Phi) is 7.14. The van der Waals surface area contributed by atoms with Crippen molar-refractivity contribution in [2.45, 2.75) is 12.1 Å². The molecule has 0 bridgehead atoms. The number of para-hydroxylation sites is 2. The van der Waals surface area contributed by atoms with Gasteiger partial charge < -0.3 is 18.8 Å². The third kappa shape index (κ3) is 5.34. The maximum absolute atomic E-state index is 12.2. The smallest absolute Gasteiger partial charge is 0.308 e. The van der Waals surface area contributed by atoms with Gasteiger partial charge in [0.1, 0.15) is 0 Å². The van der Waals surface area contributed by atoms with Gasteiger partial charge in [-0.2, -0.15) is 5.10 Å². The van der Waals surface area contributed by atoms with Crippen molar-refractivity contribution in [1.29, 1.82) is 0 Å². The lowest BCUT2D eigenvalue weighted by molar-refractivity contribution is -0.132. The molecule has 0 atom stereocenters. The topological polar surface area (TPSA) is 104 Å². The fourth-order valence-electron chi connectivity index (χ4n) is 2.81. The zero-order valence-electron chi connectivity index (χ0n) is 17.5. The van der Waals surface area contributed by atoms with E-state index >= 15 is 0 Å². The number of aryl methyl sites for hydroxylation is 1. The highest BCUT2D eigenvalue weighted by molar-refractivity contribution is 7.99. The average Bonchev–Trinajstić information content (AvgIpc) is 3.08. The first-order valence-electron chi connectivity index (χ1n) is 9.23. The Bertz CT molecular complexity index is 1120. The number of thioether (sulfide) groups is 1. The summed E-state index contributed by atoms with van der Waals surface area (Å²) in [6.07, 6.45) is 1.44. The van der Waals surface area contributed by atoms with Crippen molar-refractivity contribution in [3.05, 3.63) is 42.0 Å². The minimum absolute atomic E-state index is 0.159. The summed E-state index contributed by atoms with van der Waals surface area (Å²) in [4.78, 5) is 28.0. The van der Waals surface area contributed by atoms with Gasteiger partial charge in [0.15, 0.2) is 16.7 Å². The fourth-order valence-corrected chi connectivity index (χ4v) is 3.59. The number of nitrogens with one attached hydrogen (secondary N) is 1. The third-order valence-corrected chi connectivity index (χ3v) is 5.24. The van der Waals surface area contributed by atoms with E-state index in [0.29, 0.717) is 17.1 Å². The van der Waals surface area contributed by atoms with Gasteiger partial charge in [0, 0.05) is 19.5 Å².